The fraction of sp³-hybridized carbons (Fsp3) is 0.200. The zero-order chi connectivity index (χ0) is 18.1. The smallest absolute Gasteiger partial charge is 0.335 e. The van der Waals surface area contributed by atoms with Crippen molar-refractivity contribution >= 4 is 18.4 Å². The number of aromatic nitrogens is 2. The van der Waals surface area contributed by atoms with Gasteiger partial charge in [-0.3, -0.25) is 4.90 Å². The lowest BCUT2D eigenvalue weighted by Gasteiger charge is -2.25. The topological polar surface area (TPSA) is 78.6 Å². The van der Waals surface area contributed by atoms with E-state index in [-0.39, 0.29) is 23.9 Å². The van der Waals surface area contributed by atoms with Gasteiger partial charge in [-0.05, 0) is 36.2 Å². The third-order valence-electron chi connectivity index (χ3n) is 4.70. The van der Waals surface area contributed by atoms with Gasteiger partial charge in [0.05, 0.1) is 16.9 Å². The number of carboxylic acid groups (broad SMARTS) is 1. The first-order chi connectivity index (χ1) is 12.6. The van der Waals surface area contributed by atoms with E-state index in [1.54, 1.807) is 12.1 Å². The van der Waals surface area contributed by atoms with Crippen molar-refractivity contribution in [2.45, 2.75) is 19.5 Å². The number of aromatic hydroxyl groups is 1. The lowest BCUT2D eigenvalue weighted by atomic mass is 10.1. The molecule has 27 heavy (non-hydrogen) atoms. The maximum atomic E-state index is 11.0. The zero-order valence-electron chi connectivity index (χ0n) is 14.6. The highest BCUT2D eigenvalue weighted by Gasteiger charge is 2.25. The van der Waals surface area contributed by atoms with Crippen LogP contribution in [0.5, 0.6) is 5.88 Å². The van der Waals surface area contributed by atoms with E-state index in [4.69, 9.17) is 5.11 Å². The van der Waals surface area contributed by atoms with Gasteiger partial charge in [0.25, 0.3) is 0 Å². The maximum Gasteiger partial charge on any atom is 0.335 e. The fourth-order valence-corrected chi connectivity index (χ4v) is 3.33. The Balaban J connectivity index is 0.00000210. The van der Waals surface area contributed by atoms with E-state index in [9.17, 15) is 9.90 Å². The zero-order valence-corrected chi connectivity index (χ0v) is 15.4. The molecule has 1 aliphatic heterocycles. The number of rotatable bonds is 4. The van der Waals surface area contributed by atoms with E-state index >= 15 is 0 Å². The van der Waals surface area contributed by atoms with Crippen molar-refractivity contribution in [3.8, 4) is 11.6 Å². The summed E-state index contributed by atoms with van der Waals surface area (Å²) in [6.45, 7) is 2.39. The Kier molecular flexibility index (Phi) is 5.48. The van der Waals surface area contributed by atoms with Gasteiger partial charge in [-0.15, -0.1) is 12.4 Å². The minimum absolute atomic E-state index is 0. The predicted octanol–water partition coefficient (Wildman–Crippen LogP) is 3.26. The molecule has 1 aromatic heterocycles. The highest BCUT2D eigenvalue weighted by molar-refractivity contribution is 5.87. The number of hydrogen-bond acceptors (Lipinski definition) is 4. The SMILES string of the molecule is Cl.O=C(O)c1ccc(-n2nc3c(c2O)CCN(Cc2ccccc2)C3)cc1. The van der Waals surface area contributed by atoms with E-state index in [0.29, 0.717) is 12.2 Å². The van der Waals surface area contributed by atoms with Crippen molar-refractivity contribution in [2.24, 2.45) is 0 Å². The Morgan fingerprint density at radius 2 is 1.78 bits per heavy atom. The summed E-state index contributed by atoms with van der Waals surface area (Å²) in [6, 6.07) is 16.6. The predicted molar refractivity (Wildman–Crippen MR) is 104 cm³/mol. The third-order valence-corrected chi connectivity index (χ3v) is 4.70. The molecule has 7 heteroatoms. The number of fused-ring (bicyclic) bond motifs is 1. The van der Waals surface area contributed by atoms with E-state index in [2.05, 4.69) is 22.1 Å². The van der Waals surface area contributed by atoms with Crippen molar-refractivity contribution in [3.05, 3.63) is 77.0 Å². The normalized spacial score (nSPS) is 13.6. The van der Waals surface area contributed by atoms with Gasteiger partial charge >= 0.3 is 5.97 Å². The van der Waals surface area contributed by atoms with Crippen LogP contribution in [0.3, 0.4) is 0 Å². The minimum Gasteiger partial charge on any atom is -0.493 e. The second-order valence-corrected chi connectivity index (χ2v) is 6.46. The van der Waals surface area contributed by atoms with Crippen LogP contribution in [-0.4, -0.2) is 37.4 Å². The molecular formula is C20H20ClN3O3. The first kappa shape index (κ1) is 18.9. The number of aromatic carboxylic acids is 1. The largest absolute Gasteiger partial charge is 0.493 e. The van der Waals surface area contributed by atoms with Gasteiger partial charge in [0.2, 0.25) is 5.88 Å². The molecule has 2 aromatic carbocycles. The molecule has 0 saturated carbocycles. The Bertz CT molecular complexity index is 939. The summed E-state index contributed by atoms with van der Waals surface area (Å²) in [5.74, 6) is -0.834. The van der Waals surface area contributed by atoms with Crippen LogP contribution in [0.2, 0.25) is 0 Å². The summed E-state index contributed by atoms with van der Waals surface area (Å²) in [5.41, 5.74) is 3.85. The van der Waals surface area contributed by atoms with Gasteiger partial charge in [-0.1, -0.05) is 30.3 Å². The van der Waals surface area contributed by atoms with Gasteiger partial charge in [0.15, 0.2) is 0 Å². The summed E-state index contributed by atoms with van der Waals surface area (Å²) >= 11 is 0. The van der Waals surface area contributed by atoms with Gasteiger partial charge in [0.1, 0.15) is 0 Å². The molecule has 0 bridgehead atoms. The molecular weight excluding hydrogens is 366 g/mol. The second-order valence-electron chi connectivity index (χ2n) is 6.46. The molecule has 0 saturated heterocycles. The molecule has 0 atom stereocenters. The van der Waals surface area contributed by atoms with Crippen LogP contribution < -0.4 is 0 Å². The molecule has 0 fully saturated rings. The highest BCUT2D eigenvalue weighted by atomic mass is 35.5. The average Bonchev–Trinajstić information content (AvgIpc) is 2.99. The molecule has 1 aliphatic rings. The standard InChI is InChI=1S/C20H19N3O3.ClH/c24-19-17-10-11-22(12-14-4-2-1-3-5-14)13-18(17)21-23(19)16-8-6-15(7-9-16)20(25)26;/h1-9,24H,10-13H2,(H,25,26);1H. The van der Waals surface area contributed by atoms with Crippen LogP contribution in [0.1, 0.15) is 27.2 Å². The van der Waals surface area contributed by atoms with Crippen LogP contribution in [-0.2, 0) is 19.5 Å². The van der Waals surface area contributed by atoms with Crippen molar-refractivity contribution in [2.75, 3.05) is 6.54 Å². The first-order valence-electron chi connectivity index (χ1n) is 8.51. The summed E-state index contributed by atoms with van der Waals surface area (Å²) < 4.78 is 1.49. The first-order valence-corrected chi connectivity index (χ1v) is 8.51. The van der Waals surface area contributed by atoms with Gasteiger partial charge in [-0.2, -0.15) is 5.10 Å². The van der Waals surface area contributed by atoms with Crippen molar-refractivity contribution in [1.29, 1.82) is 0 Å². The summed E-state index contributed by atoms with van der Waals surface area (Å²) in [4.78, 5) is 13.3. The van der Waals surface area contributed by atoms with Crippen LogP contribution in [0.25, 0.3) is 5.69 Å². The maximum absolute atomic E-state index is 11.0. The van der Waals surface area contributed by atoms with Gasteiger partial charge in [-0.25, -0.2) is 9.48 Å². The van der Waals surface area contributed by atoms with Gasteiger partial charge in [0, 0.05) is 25.2 Å². The van der Waals surface area contributed by atoms with E-state index in [1.165, 1.54) is 22.4 Å². The molecule has 0 spiro atoms. The second kappa shape index (κ2) is 7.82. The van der Waals surface area contributed by atoms with Crippen molar-refractivity contribution in [1.82, 2.24) is 14.7 Å². The van der Waals surface area contributed by atoms with E-state index in [0.717, 1.165) is 30.8 Å². The number of carboxylic acids is 1. The molecule has 0 radical (unpaired) electrons. The highest BCUT2D eigenvalue weighted by Crippen LogP contribution is 2.30. The van der Waals surface area contributed by atoms with Crippen molar-refractivity contribution < 1.29 is 15.0 Å². The van der Waals surface area contributed by atoms with Crippen LogP contribution >= 0.6 is 12.4 Å². The average molecular weight is 386 g/mol. The minimum atomic E-state index is -0.975. The van der Waals surface area contributed by atoms with Gasteiger partial charge < -0.3 is 10.2 Å². The third kappa shape index (κ3) is 3.82. The van der Waals surface area contributed by atoms with Crippen LogP contribution in [0.15, 0.2) is 54.6 Å². The molecule has 0 unspecified atom stereocenters. The summed E-state index contributed by atoms with van der Waals surface area (Å²) in [5, 5.41) is 24.1. The van der Waals surface area contributed by atoms with E-state index < -0.39 is 5.97 Å². The Labute approximate surface area is 163 Å². The van der Waals surface area contributed by atoms with E-state index in [1.807, 2.05) is 18.2 Å². The summed E-state index contributed by atoms with van der Waals surface area (Å²) in [7, 11) is 0. The molecule has 6 nitrogen and oxygen atoms in total. The number of hydrogen-bond donors (Lipinski definition) is 2. The van der Waals surface area contributed by atoms with Crippen molar-refractivity contribution in [3.63, 3.8) is 0 Å². The fourth-order valence-electron chi connectivity index (χ4n) is 3.33. The Hall–Kier alpha value is -2.83. The quantitative estimate of drug-likeness (QED) is 0.720. The number of halogens is 1. The Morgan fingerprint density at radius 1 is 1.07 bits per heavy atom. The molecule has 2 N–H and O–H groups in total. The molecule has 3 aromatic rings. The number of benzene rings is 2. The molecule has 0 amide bonds. The summed E-state index contributed by atoms with van der Waals surface area (Å²) in [6.07, 6.45) is 0.737. The monoisotopic (exact) mass is 385 g/mol. The Morgan fingerprint density at radius 3 is 2.44 bits per heavy atom. The molecule has 0 aliphatic carbocycles. The molecule has 2 heterocycles. The number of nitrogens with zero attached hydrogens (tertiary/aromatic N) is 3. The van der Waals surface area contributed by atoms with Crippen LogP contribution in [0, 0.1) is 0 Å². The molecule has 4 rings (SSSR count). The molecule has 140 valence electrons. The lowest BCUT2D eigenvalue weighted by Crippen LogP contribution is -2.29. The lowest BCUT2D eigenvalue weighted by molar-refractivity contribution is 0.0697. The van der Waals surface area contributed by atoms with Crippen LogP contribution in [0.4, 0.5) is 0 Å². The number of carbonyl (C=O) groups is 1.